The molecule has 5 heteroatoms. The molecule has 88 valence electrons. The highest BCUT2D eigenvalue weighted by Gasteiger charge is 2.12. The van der Waals surface area contributed by atoms with Crippen LogP contribution in [0.15, 0.2) is 18.5 Å². The zero-order chi connectivity index (χ0) is 12.2. The van der Waals surface area contributed by atoms with Crippen LogP contribution in [0, 0.1) is 0 Å². The van der Waals surface area contributed by atoms with Crippen molar-refractivity contribution in [3.05, 3.63) is 29.6 Å². The fraction of sp³-hybridized carbons (Fsp3) is 0.455. The van der Waals surface area contributed by atoms with Gasteiger partial charge in [-0.05, 0) is 18.1 Å². The summed E-state index contributed by atoms with van der Waals surface area (Å²) >= 11 is 0. The Balaban J connectivity index is 2.81. The van der Waals surface area contributed by atoms with Crippen molar-refractivity contribution in [2.45, 2.75) is 19.8 Å². The first-order valence-corrected chi connectivity index (χ1v) is 7.14. The first-order valence-electron chi connectivity index (χ1n) is 5.08. The maximum absolute atomic E-state index is 11.8. The average molecular weight is 241 g/mol. The Morgan fingerprint density at radius 2 is 2.12 bits per heavy atom. The number of rotatable bonds is 5. The molecule has 0 atom stereocenters. The normalized spacial score (nSPS) is 11.4. The summed E-state index contributed by atoms with van der Waals surface area (Å²) in [6.07, 6.45) is 5.08. The van der Waals surface area contributed by atoms with Crippen LogP contribution in [0.3, 0.4) is 0 Å². The van der Waals surface area contributed by atoms with Gasteiger partial charge in [-0.25, -0.2) is 8.42 Å². The molecule has 16 heavy (non-hydrogen) atoms. The largest absolute Gasteiger partial charge is 0.294 e. The minimum atomic E-state index is -3.08. The van der Waals surface area contributed by atoms with Crippen LogP contribution in [0.5, 0.6) is 0 Å². The van der Waals surface area contributed by atoms with E-state index in [1.54, 1.807) is 18.5 Å². The lowest BCUT2D eigenvalue weighted by molar-refractivity contribution is 0.0988. The average Bonchev–Trinajstić information content (AvgIpc) is 2.25. The van der Waals surface area contributed by atoms with Gasteiger partial charge in [-0.3, -0.25) is 9.78 Å². The Bertz CT molecular complexity index is 480. The number of aryl methyl sites for hydroxylation is 1. The lowest BCUT2D eigenvalue weighted by Gasteiger charge is -2.05. The van der Waals surface area contributed by atoms with Crippen molar-refractivity contribution < 1.29 is 13.2 Å². The van der Waals surface area contributed by atoms with Crippen molar-refractivity contribution >= 4 is 15.6 Å². The van der Waals surface area contributed by atoms with Gasteiger partial charge in [0.25, 0.3) is 0 Å². The van der Waals surface area contributed by atoms with Crippen LogP contribution in [0.4, 0.5) is 0 Å². The zero-order valence-electron chi connectivity index (χ0n) is 9.43. The topological polar surface area (TPSA) is 64.1 Å². The van der Waals surface area contributed by atoms with E-state index in [0.717, 1.165) is 11.8 Å². The summed E-state index contributed by atoms with van der Waals surface area (Å²) < 4.78 is 21.9. The molecule has 1 heterocycles. The summed E-state index contributed by atoms with van der Waals surface area (Å²) in [7, 11) is -3.08. The number of carbonyl (C=O) groups is 1. The number of pyridine rings is 1. The zero-order valence-corrected chi connectivity index (χ0v) is 10.3. The molecule has 1 aromatic heterocycles. The molecule has 0 saturated carbocycles. The molecule has 0 bridgehead atoms. The van der Waals surface area contributed by atoms with Gasteiger partial charge in [0.05, 0.1) is 5.75 Å². The number of hydrogen-bond donors (Lipinski definition) is 0. The second kappa shape index (κ2) is 5.21. The van der Waals surface area contributed by atoms with E-state index in [0.29, 0.717) is 12.0 Å². The molecule has 0 aromatic carbocycles. The molecule has 0 spiro atoms. The van der Waals surface area contributed by atoms with E-state index in [1.165, 1.54) is 0 Å². The summed E-state index contributed by atoms with van der Waals surface area (Å²) in [4.78, 5) is 15.7. The quantitative estimate of drug-likeness (QED) is 0.728. The number of aromatic nitrogens is 1. The van der Waals surface area contributed by atoms with E-state index in [1.807, 2.05) is 6.92 Å². The van der Waals surface area contributed by atoms with Crippen LogP contribution in [0.1, 0.15) is 29.3 Å². The number of sulfone groups is 1. The predicted octanol–water partition coefficient (Wildman–Crippen LogP) is 1.26. The van der Waals surface area contributed by atoms with Crippen LogP contribution >= 0.6 is 0 Å². The van der Waals surface area contributed by atoms with Crippen LogP contribution in [-0.2, 0) is 16.3 Å². The maximum atomic E-state index is 11.8. The van der Waals surface area contributed by atoms with Gasteiger partial charge in [-0.2, -0.15) is 0 Å². The summed E-state index contributed by atoms with van der Waals surface area (Å²) in [6.45, 7) is 1.93. The van der Waals surface area contributed by atoms with Crippen molar-refractivity contribution in [3.8, 4) is 0 Å². The summed E-state index contributed by atoms with van der Waals surface area (Å²) in [5, 5.41) is 0. The smallest absolute Gasteiger partial charge is 0.164 e. The van der Waals surface area contributed by atoms with Gasteiger partial charge in [-0.1, -0.05) is 6.92 Å². The number of Topliss-reactive ketones (excluding diaryl/α,β-unsaturated/α-hetero) is 1. The van der Waals surface area contributed by atoms with Crippen LogP contribution in [0.2, 0.25) is 0 Å². The van der Waals surface area contributed by atoms with E-state index in [4.69, 9.17) is 0 Å². The van der Waals surface area contributed by atoms with Gasteiger partial charge in [-0.15, -0.1) is 0 Å². The third-order valence-electron chi connectivity index (χ3n) is 2.28. The highest BCUT2D eigenvalue weighted by molar-refractivity contribution is 7.90. The predicted molar refractivity (Wildman–Crippen MR) is 62.3 cm³/mol. The fourth-order valence-corrected chi connectivity index (χ4v) is 1.95. The Kier molecular flexibility index (Phi) is 4.18. The molecule has 0 radical (unpaired) electrons. The molecule has 0 fully saturated rings. The molecule has 0 aliphatic heterocycles. The van der Waals surface area contributed by atoms with E-state index < -0.39 is 9.84 Å². The molecular formula is C11H15NO3S. The van der Waals surface area contributed by atoms with Gasteiger partial charge in [0.2, 0.25) is 0 Å². The summed E-state index contributed by atoms with van der Waals surface area (Å²) in [5.41, 5.74) is 1.45. The van der Waals surface area contributed by atoms with Gasteiger partial charge in [0.15, 0.2) is 5.78 Å². The Labute approximate surface area is 95.6 Å². The summed E-state index contributed by atoms with van der Waals surface area (Å²) in [6, 6.07) is 1.64. The van der Waals surface area contributed by atoms with E-state index in [-0.39, 0.29) is 18.0 Å². The lowest BCUT2D eigenvalue weighted by Crippen LogP contribution is -2.11. The van der Waals surface area contributed by atoms with Crippen LogP contribution < -0.4 is 0 Å². The highest BCUT2D eigenvalue weighted by atomic mass is 32.2. The second-order valence-electron chi connectivity index (χ2n) is 3.69. The third-order valence-corrected chi connectivity index (χ3v) is 3.23. The van der Waals surface area contributed by atoms with Gasteiger partial charge in [0.1, 0.15) is 9.84 Å². The Morgan fingerprint density at radius 3 is 2.69 bits per heavy atom. The highest BCUT2D eigenvalue weighted by Crippen LogP contribution is 2.10. The molecule has 0 N–H and O–H groups in total. The van der Waals surface area contributed by atoms with Crippen molar-refractivity contribution in [1.82, 2.24) is 4.98 Å². The minimum absolute atomic E-state index is 0.0375. The number of hydrogen-bond acceptors (Lipinski definition) is 4. The van der Waals surface area contributed by atoms with E-state index in [9.17, 15) is 13.2 Å². The minimum Gasteiger partial charge on any atom is -0.294 e. The monoisotopic (exact) mass is 241 g/mol. The van der Waals surface area contributed by atoms with E-state index in [2.05, 4.69) is 4.98 Å². The van der Waals surface area contributed by atoms with Crippen molar-refractivity contribution in [1.29, 1.82) is 0 Å². The van der Waals surface area contributed by atoms with Crippen LogP contribution in [0.25, 0.3) is 0 Å². The third kappa shape index (κ3) is 3.73. The molecule has 0 amide bonds. The Morgan fingerprint density at radius 1 is 1.44 bits per heavy atom. The van der Waals surface area contributed by atoms with Crippen molar-refractivity contribution in [2.75, 3.05) is 12.0 Å². The number of carbonyl (C=O) groups excluding carboxylic acids is 1. The number of nitrogens with zero attached hydrogens (tertiary/aromatic N) is 1. The lowest BCUT2D eigenvalue weighted by atomic mass is 10.0. The molecule has 0 aliphatic rings. The maximum Gasteiger partial charge on any atom is 0.164 e. The Hall–Kier alpha value is -1.23. The summed E-state index contributed by atoms with van der Waals surface area (Å²) in [5.74, 6) is -0.234. The molecule has 0 saturated heterocycles. The van der Waals surface area contributed by atoms with Crippen LogP contribution in [-0.4, -0.2) is 31.2 Å². The molecule has 0 unspecified atom stereocenters. The van der Waals surface area contributed by atoms with Gasteiger partial charge in [0, 0.05) is 30.6 Å². The van der Waals surface area contributed by atoms with Gasteiger partial charge >= 0.3 is 0 Å². The SMILES string of the molecule is CCc1cnccc1C(=O)CCS(C)(=O)=O. The fourth-order valence-electron chi connectivity index (χ4n) is 1.39. The number of ketones is 1. The second-order valence-corrected chi connectivity index (χ2v) is 5.95. The molecule has 1 rings (SSSR count). The molecule has 4 nitrogen and oxygen atoms in total. The van der Waals surface area contributed by atoms with Crippen molar-refractivity contribution in [2.24, 2.45) is 0 Å². The standard InChI is InChI=1S/C11H15NO3S/c1-3-9-8-12-6-4-10(9)11(13)5-7-16(2,14)15/h4,6,8H,3,5,7H2,1-2H3. The molecule has 1 aromatic rings. The first-order chi connectivity index (χ1) is 7.44. The van der Waals surface area contributed by atoms with Crippen molar-refractivity contribution in [3.63, 3.8) is 0 Å². The molecular weight excluding hydrogens is 226 g/mol. The van der Waals surface area contributed by atoms with Gasteiger partial charge < -0.3 is 0 Å². The molecule has 0 aliphatic carbocycles. The van der Waals surface area contributed by atoms with E-state index >= 15 is 0 Å². The first kappa shape index (κ1) is 12.8.